The standard InChI is InChI=1S/C21H16FN3O5S3/c1-31-14-6-4-12-9-18(26)25(20(27)15(12)11-14)17-7-5-13(10-16(17)22)23-21(28)24-33(29,30)19-3-2-8-32-19/h2-8,10-11H,9H2,1H3,(H2,23,24,28). The largest absolute Gasteiger partial charge is 0.333 e. The van der Waals surface area contributed by atoms with Crippen molar-refractivity contribution in [2.75, 3.05) is 16.5 Å². The third-order valence-electron chi connectivity index (χ3n) is 4.78. The number of rotatable bonds is 5. The number of amides is 4. The van der Waals surface area contributed by atoms with Crippen molar-refractivity contribution in [1.82, 2.24) is 4.72 Å². The second-order valence-electron chi connectivity index (χ2n) is 6.89. The minimum Gasteiger partial charge on any atom is -0.307 e. The van der Waals surface area contributed by atoms with E-state index in [1.165, 1.54) is 36.0 Å². The first-order valence-corrected chi connectivity index (χ1v) is 13.0. The minimum atomic E-state index is -4.06. The van der Waals surface area contributed by atoms with Gasteiger partial charge in [-0.15, -0.1) is 23.1 Å². The number of nitrogens with one attached hydrogen (secondary N) is 2. The fraction of sp³-hybridized carbons (Fsp3) is 0.0952. The van der Waals surface area contributed by atoms with Crippen LogP contribution in [0.15, 0.2) is 63.0 Å². The molecule has 0 unspecified atom stereocenters. The SMILES string of the molecule is CSc1ccc2c(c1)C(=O)N(c1ccc(NC(=O)NS(=O)(=O)c3cccs3)cc1F)C(=O)C2. The zero-order valence-electron chi connectivity index (χ0n) is 17.0. The molecule has 0 spiro atoms. The zero-order chi connectivity index (χ0) is 23.8. The molecule has 2 N–H and O–H groups in total. The van der Waals surface area contributed by atoms with Gasteiger partial charge in [0, 0.05) is 16.1 Å². The Morgan fingerprint density at radius 1 is 1.15 bits per heavy atom. The van der Waals surface area contributed by atoms with Crippen LogP contribution in [0.2, 0.25) is 0 Å². The summed E-state index contributed by atoms with van der Waals surface area (Å²) in [5.74, 6) is -2.15. The van der Waals surface area contributed by atoms with Crippen molar-refractivity contribution in [2.24, 2.45) is 0 Å². The molecular weight excluding hydrogens is 489 g/mol. The second-order valence-corrected chi connectivity index (χ2v) is 10.6. The van der Waals surface area contributed by atoms with E-state index < -0.39 is 33.7 Å². The maximum absolute atomic E-state index is 14.9. The highest BCUT2D eigenvalue weighted by Gasteiger charge is 2.34. The van der Waals surface area contributed by atoms with Crippen molar-refractivity contribution in [2.45, 2.75) is 15.5 Å². The average molecular weight is 506 g/mol. The molecule has 0 fully saturated rings. The molecule has 170 valence electrons. The number of halogens is 1. The fourth-order valence-electron chi connectivity index (χ4n) is 3.27. The van der Waals surface area contributed by atoms with Gasteiger partial charge in [0.1, 0.15) is 10.0 Å². The quantitative estimate of drug-likeness (QED) is 0.402. The Morgan fingerprint density at radius 2 is 1.94 bits per heavy atom. The molecule has 0 bridgehead atoms. The third-order valence-corrected chi connectivity index (χ3v) is 8.23. The highest BCUT2D eigenvalue weighted by Crippen LogP contribution is 2.31. The van der Waals surface area contributed by atoms with Gasteiger partial charge in [-0.2, -0.15) is 0 Å². The first-order valence-electron chi connectivity index (χ1n) is 9.40. The maximum Gasteiger partial charge on any atom is 0.333 e. The Hall–Kier alpha value is -3.22. The van der Waals surface area contributed by atoms with Crippen LogP contribution in [0.25, 0.3) is 0 Å². The fourth-order valence-corrected chi connectivity index (χ4v) is 5.61. The Morgan fingerprint density at radius 3 is 2.61 bits per heavy atom. The summed E-state index contributed by atoms with van der Waals surface area (Å²) in [6.45, 7) is 0. The number of sulfonamides is 1. The van der Waals surface area contributed by atoms with Crippen LogP contribution in [0.1, 0.15) is 15.9 Å². The van der Waals surface area contributed by atoms with Crippen LogP contribution < -0.4 is 14.9 Å². The number of hydrogen-bond acceptors (Lipinski definition) is 7. The van der Waals surface area contributed by atoms with Crippen LogP contribution in [-0.4, -0.2) is 32.5 Å². The number of carbonyl (C=O) groups is 3. The Balaban J connectivity index is 1.54. The van der Waals surface area contributed by atoms with Gasteiger partial charge in [-0.25, -0.2) is 27.2 Å². The molecule has 4 rings (SSSR count). The van der Waals surface area contributed by atoms with E-state index in [1.54, 1.807) is 17.5 Å². The molecule has 0 saturated carbocycles. The summed E-state index contributed by atoms with van der Waals surface area (Å²) >= 11 is 2.37. The lowest BCUT2D eigenvalue weighted by Gasteiger charge is -2.27. The molecule has 3 aromatic rings. The number of thioether (sulfide) groups is 1. The van der Waals surface area contributed by atoms with E-state index in [0.717, 1.165) is 27.2 Å². The highest BCUT2D eigenvalue weighted by molar-refractivity contribution is 7.98. The van der Waals surface area contributed by atoms with E-state index in [2.05, 4.69) is 5.32 Å². The average Bonchev–Trinajstić information content (AvgIpc) is 3.30. The van der Waals surface area contributed by atoms with Crippen LogP contribution >= 0.6 is 23.1 Å². The Kier molecular flexibility index (Phi) is 6.23. The predicted octanol–water partition coefficient (Wildman–Crippen LogP) is 3.85. The zero-order valence-corrected chi connectivity index (χ0v) is 19.4. The molecule has 2 heterocycles. The molecule has 4 amide bonds. The smallest absolute Gasteiger partial charge is 0.307 e. The molecular formula is C21H16FN3O5S3. The summed E-state index contributed by atoms with van der Waals surface area (Å²) in [4.78, 5) is 39.2. The third kappa shape index (κ3) is 4.63. The van der Waals surface area contributed by atoms with Gasteiger partial charge in [0.2, 0.25) is 5.91 Å². The molecule has 0 radical (unpaired) electrons. The van der Waals surface area contributed by atoms with Crippen molar-refractivity contribution in [3.8, 4) is 0 Å². The van der Waals surface area contributed by atoms with Gasteiger partial charge in [0.05, 0.1) is 12.1 Å². The summed E-state index contributed by atoms with van der Waals surface area (Å²) in [7, 11) is -4.06. The van der Waals surface area contributed by atoms with Crippen molar-refractivity contribution in [1.29, 1.82) is 0 Å². The molecule has 1 aromatic heterocycles. The van der Waals surface area contributed by atoms with E-state index in [4.69, 9.17) is 0 Å². The summed E-state index contributed by atoms with van der Waals surface area (Å²) in [5, 5.41) is 3.77. The van der Waals surface area contributed by atoms with Crippen LogP contribution in [0.4, 0.5) is 20.6 Å². The lowest BCUT2D eigenvalue weighted by atomic mass is 9.98. The molecule has 2 aromatic carbocycles. The topological polar surface area (TPSA) is 113 Å². The summed E-state index contributed by atoms with van der Waals surface area (Å²) in [5.41, 5.74) is 0.571. The van der Waals surface area contributed by atoms with Crippen molar-refractivity contribution in [3.63, 3.8) is 0 Å². The lowest BCUT2D eigenvalue weighted by Crippen LogP contribution is -2.43. The Labute approximate surface area is 196 Å². The van der Waals surface area contributed by atoms with Crippen LogP contribution in [0.5, 0.6) is 0 Å². The highest BCUT2D eigenvalue weighted by atomic mass is 32.2. The van der Waals surface area contributed by atoms with E-state index in [-0.39, 0.29) is 22.0 Å². The first kappa shape index (κ1) is 23.0. The Bertz CT molecular complexity index is 1370. The summed E-state index contributed by atoms with van der Waals surface area (Å²) < 4.78 is 40.9. The number of urea groups is 1. The molecule has 0 saturated heterocycles. The second kappa shape index (κ2) is 8.96. The first-order chi connectivity index (χ1) is 15.7. The van der Waals surface area contributed by atoms with Gasteiger partial charge in [-0.1, -0.05) is 12.1 Å². The number of thiophene rings is 1. The molecule has 8 nitrogen and oxygen atoms in total. The number of carbonyl (C=O) groups excluding carboxylic acids is 3. The number of fused-ring (bicyclic) bond motifs is 1. The van der Waals surface area contributed by atoms with E-state index >= 15 is 0 Å². The maximum atomic E-state index is 14.9. The van der Waals surface area contributed by atoms with Gasteiger partial charge in [0.25, 0.3) is 15.9 Å². The number of anilines is 2. The van der Waals surface area contributed by atoms with Gasteiger partial charge in [-0.3, -0.25) is 9.59 Å². The van der Waals surface area contributed by atoms with Crippen molar-refractivity contribution < 1.29 is 27.2 Å². The molecule has 1 aliphatic heterocycles. The normalized spacial score (nSPS) is 13.6. The number of hydrogen-bond donors (Lipinski definition) is 2. The molecule has 33 heavy (non-hydrogen) atoms. The monoisotopic (exact) mass is 505 g/mol. The summed E-state index contributed by atoms with van der Waals surface area (Å²) in [6.07, 6.45) is 1.79. The van der Waals surface area contributed by atoms with Crippen LogP contribution in [0, 0.1) is 5.82 Å². The van der Waals surface area contributed by atoms with Gasteiger partial charge in [0.15, 0.2) is 0 Å². The lowest BCUT2D eigenvalue weighted by molar-refractivity contribution is -0.117. The molecule has 1 aliphatic rings. The van der Waals surface area contributed by atoms with E-state index in [1.807, 2.05) is 17.0 Å². The molecule has 0 atom stereocenters. The number of benzene rings is 2. The van der Waals surface area contributed by atoms with Gasteiger partial charge >= 0.3 is 6.03 Å². The summed E-state index contributed by atoms with van der Waals surface area (Å²) in [6, 6.07) is 10.3. The van der Waals surface area contributed by atoms with Crippen LogP contribution in [0.3, 0.4) is 0 Å². The molecule has 0 aliphatic carbocycles. The molecule has 12 heteroatoms. The van der Waals surface area contributed by atoms with Crippen LogP contribution in [-0.2, 0) is 21.2 Å². The minimum absolute atomic E-state index is 0.0498. The van der Waals surface area contributed by atoms with E-state index in [9.17, 15) is 27.2 Å². The predicted molar refractivity (Wildman–Crippen MR) is 124 cm³/mol. The van der Waals surface area contributed by atoms with Gasteiger partial charge in [-0.05, 0) is 53.6 Å². The number of nitrogens with zero attached hydrogens (tertiary/aromatic N) is 1. The van der Waals surface area contributed by atoms with Gasteiger partial charge < -0.3 is 5.32 Å². The van der Waals surface area contributed by atoms with Crippen molar-refractivity contribution >= 4 is 62.3 Å². The number of imide groups is 1. The van der Waals surface area contributed by atoms with Crippen molar-refractivity contribution in [3.05, 3.63) is 70.9 Å². The van der Waals surface area contributed by atoms with E-state index in [0.29, 0.717) is 11.1 Å².